The molecule has 2 nitrogen and oxygen atoms in total. The van der Waals surface area contributed by atoms with Crippen LogP contribution in [0.2, 0.25) is 15.1 Å². The number of aryl methyl sites for hydroxylation is 1. The van der Waals surface area contributed by atoms with Crippen LogP contribution in [0, 0.1) is 6.92 Å². The van der Waals surface area contributed by atoms with E-state index in [1.807, 2.05) is 48.5 Å². The number of nitrogens with one attached hydrogen (secondary N) is 1. The van der Waals surface area contributed by atoms with Gasteiger partial charge in [-0.25, -0.2) is 0 Å². The Morgan fingerprint density at radius 3 is 2.15 bits per heavy atom. The number of hydrogen-bond donors (Lipinski definition) is 1. The van der Waals surface area contributed by atoms with Crippen LogP contribution >= 0.6 is 34.8 Å². The first-order valence-electron chi connectivity index (χ1n) is 8.17. The highest BCUT2D eigenvalue weighted by Crippen LogP contribution is 2.35. The monoisotopic (exact) mass is 405 g/mol. The zero-order valence-corrected chi connectivity index (χ0v) is 16.5. The Morgan fingerprint density at radius 2 is 1.50 bits per heavy atom. The lowest BCUT2D eigenvalue weighted by molar-refractivity contribution is 0.306. The standard InChI is InChI=1S/C21H18Cl3NO/c1-14-6-8-17(9-7-14)25-12-15-10-19(23)21(20(24)11-15)26-13-16-4-2-3-5-18(16)22/h2-11,25H,12-13H2,1H3. The molecule has 3 aromatic carbocycles. The molecule has 0 aliphatic heterocycles. The van der Waals surface area contributed by atoms with Gasteiger partial charge in [-0.05, 0) is 42.8 Å². The van der Waals surface area contributed by atoms with Crippen molar-refractivity contribution in [3.63, 3.8) is 0 Å². The smallest absolute Gasteiger partial charge is 0.156 e. The van der Waals surface area contributed by atoms with Gasteiger partial charge in [0.25, 0.3) is 0 Å². The fraction of sp³-hybridized carbons (Fsp3) is 0.143. The molecule has 0 heterocycles. The second-order valence-corrected chi connectivity index (χ2v) is 7.21. The van der Waals surface area contributed by atoms with Crippen molar-refractivity contribution in [1.82, 2.24) is 0 Å². The zero-order chi connectivity index (χ0) is 18.5. The van der Waals surface area contributed by atoms with E-state index in [0.29, 0.717) is 34.0 Å². The summed E-state index contributed by atoms with van der Waals surface area (Å²) < 4.78 is 5.80. The van der Waals surface area contributed by atoms with Gasteiger partial charge in [0.15, 0.2) is 5.75 Å². The molecule has 0 bridgehead atoms. The van der Waals surface area contributed by atoms with E-state index in [0.717, 1.165) is 16.8 Å². The lowest BCUT2D eigenvalue weighted by Gasteiger charge is -2.13. The van der Waals surface area contributed by atoms with E-state index in [4.69, 9.17) is 39.5 Å². The Bertz CT molecular complexity index is 871. The summed E-state index contributed by atoms with van der Waals surface area (Å²) in [5, 5.41) is 4.96. The maximum atomic E-state index is 6.37. The summed E-state index contributed by atoms with van der Waals surface area (Å²) in [4.78, 5) is 0. The third-order valence-corrected chi connectivity index (χ3v) is 4.87. The molecule has 3 rings (SSSR count). The molecular weight excluding hydrogens is 389 g/mol. The van der Waals surface area contributed by atoms with Crippen molar-refractivity contribution in [1.29, 1.82) is 0 Å². The molecule has 0 fully saturated rings. The predicted molar refractivity (Wildman–Crippen MR) is 111 cm³/mol. The van der Waals surface area contributed by atoms with Gasteiger partial charge < -0.3 is 10.1 Å². The molecule has 0 radical (unpaired) electrons. The lowest BCUT2D eigenvalue weighted by atomic mass is 10.2. The minimum atomic E-state index is 0.306. The fourth-order valence-corrected chi connectivity index (χ4v) is 3.32. The van der Waals surface area contributed by atoms with E-state index in [1.165, 1.54) is 5.56 Å². The minimum Gasteiger partial charge on any atom is -0.486 e. The first kappa shape index (κ1) is 18.9. The molecule has 0 spiro atoms. The van der Waals surface area contributed by atoms with E-state index in [-0.39, 0.29) is 0 Å². The molecular formula is C21H18Cl3NO. The normalized spacial score (nSPS) is 10.6. The van der Waals surface area contributed by atoms with Crippen LogP contribution in [0.25, 0.3) is 0 Å². The number of hydrogen-bond acceptors (Lipinski definition) is 2. The van der Waals surface area contributed by atoms with E-state index in [1.54, 1.807) is 0 Å². The first-order chi connectivity index (χ1) is 12.5. The number of rotatable bonds is 6. The molecule has 0 aliphatic carbocycles. The fourth-order valence-electron chi connectivity index (χ4n) is 2.49. The summed E-state index contributed by atoms with van der Waals surface area (Å²) in [6.45, 7) is 2.98. The van der Waals surface area contributed by atoms with Crippen LogP contribution in [0.15, 0.2) is 60.7 Å². The molecule has 0 saturated carbocycles. The third kappa shape index (κ3) is 4.85. The van der Waals surface area contributed by atoms with E-state index >= 15 is 0 Å². The van der Waals surface area contributed by atoms with Crippen LogP contribution in [0.5, 0.6) is 5.75 Å². The van der Waals surface area contributed by atoms with Crippen LogP contribution < -0.4 is 10.1 Å². The second-order valence-electron chi connectivity index (χ2n) is 5.99. The number of ether oxygens (including phenoxy) is 1. The van der Waals surface area contributed by atoms with Crippen molar-refractivity contribution >= 4 is 40.5 Å². The van der Waals surface area contributed by atoms with Crippen molar-refractivity contribution in [2.45, 2.75) is 20.1 Å². The van der Waals surface area contributed by atoms with Crippen LogP contribution in [-0.2, 0) is 13.2 Å². The Labute approximate surface area is 168 Å². The maximum Gasteiger partial charge on any atom is 0.156 e. The largest absolute Gasteiger partial charge is 0.486 e. The highest BCUT2D eigenvalue weighted by atomic mass is 35.5. The molecule has 0 unspecified atom stereocenters. The average Bonchev–Trinajstić information content (AvgIpc) is 2.62. The summed E-state index contributed by atoms with van der Waals surface area (Å²) in [5.41, 5.74) is 4.13. The van der Waals surface area contributed by atoms with E-state index < -0.39 is 0 Å². The van der Waals surface area contributed by atoms with Crippen LogP contribution in [-0.4, -0.2) is 0 Å². The number of anilines is 1. The predicted octanol–water partition coefficient (Wildman–Crippen LogP) is 7.15. The average molecular weight is 407 g/mol. The maximum absolute atomic E-state index is 6.37. The molecule has 5 heteroatoms. The quantitative estimate of drug-likeness (QED) is 0.469. The SMILES string of the molecule is Cc1ccc(NCc2cc(Cl)c(OCc3ccccc3Cl)c(Cl)c2)cc1. The van der Waals surface area contributed by atoms with Crippen LogP contribution in [0.4, 0.5) is 5.69 Å². The second kappa shape index (κ2) is 8.68. The molecule has 0 saturated heterocycles. The molecule has 0 amide bonds. The van der Waals surface area contributed by atoms with E-state index in [2.05, 4.69) is 24.4 Å². The molecule has 134 valence electrons. The van der Waals surface area contributed by atoms with Gasteiger partial charge in [-0.3, -0.25) is 0 Å². The zero-order valence-electron chi connectivity index (χ0n) is 14.2. The molecule has 26 heavy (non-hydrogen) atoms. The van der Waals surface area contributed by atoms with Crippen molar-refractivity contribution < 1.29 is 4.74 Å². The topological polar surface area (TPSA) is 21.3 Å². The summed E-state index contributed by atoms with van der Waals surface area (Å²) >= 11 is 18.9. The van der Waals surface area contributed by atoms with Crippen molar-refractivity contribution in [3.8, 4) is 5.75 Å². The summed E-state index contributed by atoms with van der Waals surface area (Å²) in [7, 11) is 0. The molecule has 0 aromatic heterocycles. The number of benzene rings is 3. The molecule has 0 atom stereocenters. The summed E-state index contributed by atoms with van der Waals surface area (Å²) in [6.07, 6.45) is 0. The lowest BCUT2D eigenvalue weighted by Crippen LogP contribution is -2.01. The van der Waals surface area contributed by atoms with Crippen molar-refractivity contribution in [2.75, 3.05) is 5.32 Å². The van der Waals surface area contributed by atoms with Crippen molar-refractivity contribution in [3.05, 3.63) is 92.4 Å². The highest BCUT2D eigenvalue weighted by molar-refractivity contribution is 6.37. The van der Waals surface area contributed by atoms with Crippen molar-refractivity contribution in [2.24, 2.45) is 0 Å². The van der Waals surface area contributed by atoms with Gasteiger partial charge >= 0.3 is 0 Å². The Balaban J connectivity index is 1.67. The number of halogens is 3. The first-order valence-corrected chi connectivity index (χ1v) is 9.31. The van der Waals surface area contributed by atoms with Gasteiger partial charge in [0.05, 0.1) is 10.0 Å². The van der Waals surface area contributed by atoms with Gasteiger partial charge in [-0.2, -0.15) is 0 Å². The molecule has 0 aliphatic rings. The van der Waals surface area contributed by atoms with Gasteiger partial charge in [-0.15, -0.1) is 0 Å². The van der Waals surface area contributed by atoms with Gasteiger partial charge in [0.2, 0.25) is 0 Å². The molecule has 1 N–H and O–H groups in total. The third-order valence-electron chi connectivity index (χ3n) is 3.94. The van der Waals surface area contributed by atoms with Gasteiger partial charge in [-0.1, -0.05) is 70.7 Å². The highest BCUT2D eigenvalue weighted by Gasteiger charge is 2.11. The van der Waals surface area contributed by atoms with E-state index in [9.17, 15) is 0 Å². The Morgan fingerprint density at radius 1 is 0.846 bits per heavy atom. The summed E-state index contributed by atoms with van der Waals surface area (Å²) in [6, 6.07) is 19.4. The van der Waals surface area contributed by atoms with Gasteiger partial charge in [0, 0.05) is 22.8 Å². The Hall–Kier alpha value is -1.87. The minimum absolute atomic E-state index is 0.306. The van der Waals surface area contributed by atoms with Crippen LogP contribution in [0.1, 0.15) is 16.7 Å². The molecule has 3 aromatic rings. The summed E-state index contributed by atoms with van der Waals surface area (Å²) in [5.74, 6) is 0.465. The van der Waals surface area contributed by atoms with Gasteiger partial charge in [0.1, 0.15) is 6.61 Å². The van der Waals surface area contributed by atoms with Crippen LogP contribution in [0.3, 0.4) is 0 Å². The Kier molecular flexibility index (Phi) is 6.31.